The van der Waals surface area contributed by atoms with Crippen LogP contribution in [0.4, 0.5) is 0 Å². The Bertz CT molecular complexity index is 112. The summed E-state index contributed by atoms with van der Waals surface area (Å²) in [5, 5.41) is 7.04. The zero-order valence-electron chi connectivity index (χ0n) is 7.85. The molecule has 1 rings (SSSR count). The lowest BCUT2D eigenvalue weighted by Crippen LogP contribution is -2.51. The van der Waals surface area contributed by atoms with Crippen LogP contribution in [0, 0.1) is 0 Å². The minimum Gasteiger partial charge on any atom is -0.313 e. The van der Waals surface area contributed by atoms with Gasteiger partial charge in [-0.05, 0) is 26.3 Å². The highest BCUT2D eigenvalue weighted by atomic mass is 15.0. The Labute approximate surface area is 69.8 Å². The molecule has 2 N–H and O–H groups in total. The average molecular weight is 156 g/mol. The van der Waals surface area contributed by atoms with Crippen molar-refractivity contribution in [3.8, 4) is 0 Å². The molecule has 0 amide bonds. The average Bonchev–Trinajstić information content (AvgIpc) is 1.93. The molecule has 0 aromatic carbocycles. The molecule has 0 spiro atoms. The van der Waals surface area contributed by atoms with Gasteiger partial charge in [0.1, 0.15) is 0 Å². The zero-order chi connectivity index (χ0) is 8.27. The van der Waals surface area contributed by atoms with Crippen LogP contribution >= 0.6 is 0 Å². The summed E-state index contributed by atoms with van der Waals surface area (Å²) in [7, 11) is 0. The van der Waals surface area contributed by atoms with Crippen molar-refractivity contribution in [2.24, 2.45) is 0 Å². The Morgan fingerprint density at radius 1 is 1.45 bits per heavy atom. The summed E-state index contributed by atoms with van der Waals surface area (Å²) >= 11 is 0. The minimum absolute atomic E-state index is 0.613. The highest BCUT2D eigenvalue weighted by Gasteiger charge is 2.20. The van der Waals surface area contributed by atoms with Crippen molar-refractivity contribution in [2.45, 2.75) is 51.7 Å². The van der Waals surface area contributed by atoms with Crippen LogP contribution in [0.2, 0.25) is 0 Å². The van der Waals surface area contributed by atoms with Crippen molar-refractivity contribution in [1.82, 2.24) is 10.6 Å². The quantitative estimate of drug-likeness (QED) is 0.626. The third-order valence-corrected chi connectivity index (χ3v) is 2.31. The van der Waals surface area contributed by atoms with E-state index in [2.05, 4.69) is 31.4 Å². The fourth-order valence-electron chi connectivity index (χ4n) is 1.70. The van der Waals surface area contributed by atoms with E-state index in [1.54, 1.807) is 0 Å². The predicted molar refractivity (Wildman–Crippen MR) is 48.8 cm³/mol. The van der Waals surface area contributed by atoms with Crippen molar-refractivity contribution in [3.05, 3.63) is 0 Å². The Balaban J connectivity index is 2.29. The van der Waals surface area contributed by atoms with Gasteiger partial charge in [-0.15, -0.1) is 0 Å². The van der Waals surface area contributed by atoms with Gasteiger partial charge in [0.2, 0.25) is 0 Å². The highest BCUT2D eigenvalue weighted by Crippen LogP contribution is 2.08. The van der Waals surface area contributed by atoms with E-state index in [4.69, 9.17) is 0 Å². The zero-order valence-corrected chi connectivity index (χ0v) is 7.85. The maximum atomic E-state index is 3.57. The van der Waals surface area contributed by atoms with Gasteiger partial charge >= 0.3 is 0 Å². The summed E-state index contributed by atoms with van der Waals surface area (Å²) < 4.78 is 0. The monoisotopic (exact) mass is 156 g/mol. The van der Waals surface area contributed by atoms with Crippen LogP contribution in [-0.2, 0) is 0 Å². The summed E-state index contributed by atoms with van der Waals surface area (Å²) in [4.78, 5) is 0. The van der Waals surface area contributed by atoms with E-state index in [1.165, 1.54) is 19.4 Å². The maximum Gasteiger partial charge on any atom is 0.0221 e. The van der Waals surface area contributed by atoms with Gasteiger partial charge in [-0.25, -0.2) is 0 Å². The van der Waals surface area contributed by atoms with Gasteiger partial charge < -0.3 is 10.6 Å². The van der Waals surface area contributed by atoms with E-state index in [1.807, 2.05) is 0 Å². The van der Waals surface area contributed by atoms with E-state index in [0.717, 1.165) is 0 Å². The van der Waals surface area contributed by atoms with Crippen molar-refractivity contribution in [1.29, 1.82) is 0 Å². The van der Waals surface area contributed by atoms with Crippen LogP contribution in [0.5, 0.6) is 0 Å². The molecular weight excluding hydrogens is 136 g/mol. The second-order valence-corrected chi connectivity index (χ2v) is 3.81. The number of hydrogen-bond donors (Lipinski definition) is 2. The van der Waals surface area contributed by atoms with Crippen LogP contribution in [0.1, 0.15) is 33.6 Å². The molecule has 0 bridgehead atoms. The van der Waals surface area contributed by atoms with E-state index < -0.39 is 0 Å². The molecule has 11 heavy (non-hydrogen) atoms. The first-order chi connectivity index (χ1) is 5.20. The number of nitrogens with one attached hydrogen (secondary N) is 2. The standard InChI is InChI=1S/C9H20N2/c1-7(2)11-9-5-4-6-10-8(9)3/h7-11H,4-6H2,1-3H3/t8-,9-/m1/s1. The molecule has 0 aliphatic carbocycles. The lowest BCUT2D eigenvalue weighted by Gasteiger charge is -2.32. The lowest BCUT2D eigenvalue weighted by atomic mass is 9.99. The second-order valence-electron chi connectivity index (χ2n) is 3.81. The summed E-state index contributed by atoms with van der Waals surface area (Å²) in [5.74, 6) is 0. The first-order valence-electron chi connectivity index (χ1n) is 4.69. The minimum atomic E-state index is 0.613. The number of rotatable bonds is 2. The molecule has 0 saturated carbocycles. The van der Waals surface area contributed by atoms with Crippen molar-refractivity contribution >= 4 is 0 Å². The Morgan fingerprint density at radius 3 is 2.73 bits per heavy atom. The van der Waals surface area contributed by atoms with E-state index in [9.17, 15) is 0 Å². The molecule has 0 aromatic rings. The molecule has 66 valence electrons. The third-order valence-electron chi connectivity index (χ3n) is 2.31. The molecule has 1 heterocycles. The molecule has 1 aliphatic heterocycles. The van der Waals surface area contributed by atoms with Gasteiger partial charge in [-0.1, -0.05) is 13.8 Å². The normalized spacial score (nSPS) is 32.7. The summed E-state index contributed by atoms with van der Waals surface area (Å²) in [5.41, 5.74) is 0. The smallest absolute Gasteiger partial charge is 0.0221 e. The molecule has 1 aliphatic rings. The van der Waals surface area contributed by atoms with Gasteiger partial charge in [0.25, 0.3) is 0 Å². The lowest BCUT2D eigenvalue weighted by molar-refractivity contribution is 0.301. The van der Waals surface area contributed by atoms with Crippen LogP contribution < -0.4 is 10.6 Å². The first kappa shape index (κ1) is 9.01. The molecule has 2 nitrogen and oxygen atoms in total. The Morgan fingerprint density at radius 2 is 2.18 bits per heavy atom. The molecule has 1 fully saturated rings. The second kappa shape index (κ2) is 4.07. The third kappa shape index (κ3) is 2.80. The molecular formula is C9H20N2. The summed E-state index contributed by atoms with van der Waals surface area (Å²) in [6.45, 7) is 7.87. The SMILES string of the molecule is CC(C)N[C@@H]1CCCN[C@@H]1C. The Kier molecular flexibility index (Phi) is 3.34. The van der Waals surface area contributed by atoms with Crippen molar-refractivity contribution in [2.75, 3.05) is 6.54 Å². The highest BCUT2D eigenvalue weighted by molar-refractivity contribution is 4.83. The molecule has 0 aromatic heterocycles. The van der Waals surface area contributed by atoms with Gasteiger partial charge in [0.05, 0.1) is 0 Å². The van der Waals surface area contributed by atoms with E-state index in [0.29, 0.717) is 18.1 Å². The molecule has 0 radical (unpaired) electrons. The maximum absolute atomic E-state index is 3.57. The van der Waals surface area contributed by atoms with Crippen LogP contribution in [0.15, 0.2) is 0 Å². The Hall–Kier alpha value is -0.0800. The van der Waals surface area contributed by atoms with Crippen LogP contribution in [0.25, 0.3) is 0 Å². The fourth-order valence-corrected chi connectivity index (χ4v) is 1.70. The molecule has 1 saturated heterocycles. The van der Waals surface area contributed by atoms with Gasteiger partial charge in [0, 0.05) is 18.1 Å². The van der Waals surface area contributed by atoms with Gasteiger partial charge in [-0.3, -0.25) is 0 Å². The number of hydrogen-bond acceptors (Lipinski definition) is 2. The first-order valence-corrected chi connectivity index (χ1v) is 4.69. The number of piperidine rings is 1. The summed E-state index contributed by atoms with van der Waals surface area (Å²) in [6, 6.07) is 1.94. The topological polar surface area (TPSA) is 24.1 Å². The van der Waals surface area contributed by atoms with E-state index >= 15 is 0 Å². The van der Waals surface area contributed by atoms with Crippen LogP contribution in [0.3, 0.4) is 0 Å². The van der Waals surface area contributed by atoms with Gasteiger partial charge in [0.15, 0.2) is 0 Å². The van der Waals surface area contributed by atoms with Crippen molar-refractivity contribution in [3.63, 3.8) is 0 Å². The largest absolute Gasteiger partial charge is 0.313 e. The molecule has 2 atom stereocenters. The van der Waals surface area contributed by atoms with Crippen LogP contribution in [-0.4, -0.2) is 24.7 Å². The van der Waals surface area contributed by atoms with E-state index in [-0.39, 0.29) is 0 Å². The molecule has 2 heteroatoms. The predicted octanol–water partition coefficient (Wildman–Crippen LogP) is 1.12. The fraction of sp³-hybridized carbons (Fsp3) is 1.00. The van der Waals surface area contributed by atoms with Gasteiger partial charge in [-0.2, -0.15) is 0 Å². The van der Waals surface area contributed by atoms with Crippen molar-refractivity contribution < 1.29 is 0 Å². The molecule has 0 unspecified atom stereocenters. The summed E-state index contributed by atoms with van der Waals surface area (Å²) in [6.07, 6.45) is 2.64.